The van der Waals surface area contributed by atoms with Crippen LogP contribution in [-0.2, 0) is 6.54 Å². The largest absolute Gasteiger partial charge is 0.508 e. The summed E-state index contributed by atoms with van der Waals surface area (Å²) in [5.74, 6) is -0.0302. The maximum absolute atomic E-state index is 12.3. The number of phenolic OH excluding ortho intramolecular Hbond substituents is 1. The van der Waals surface area contributed by atoms with Crippen LogP contribution in [0.15, 0.2) is 84.1 Å². The first-order chi connectivity index (χ1) is 14.2. The van der Waals surface area contributed by atoms with E-state index in [1.54, 1.807) is 30.5 Å². The smallest absolute Gasteiger partial charge is 0.271 e. The van der Waals surface area contributed by atoms with E-state index in [4.69, 9.17) is 0 Å². The van der Waals surface area contributed by atoms with Gasteiger partial charge in [-0.1, -0.05) is 36.4 Å². The second kappa shape index (κ2) is 8.31. The van der Waals surface area contributed by atoms with Gasteiger partial charge < -0.3 is 15.4 Å². The van der Waals surface area contributed by atoms with Crippen LogP contribution in [0.25, 0.3) is 10.9 Å². The number of H-pyrrole nitrogens is 1. The number of aromatic hydroxyl groups is 1. The van der Waals surface area contributed by atoms with Crippen LogP contribution in [-0.4, -0.2) is 22.2 Å². The van der Waals surface area contributed by atoms with Gasteiger partial charge in [0.1, 0.15) is 5.75 Å². The van der Waals surface area contributed by atoms with Crippen LogP contribution in [0.4, 0.5) is 5.69 Å². The van der Waals surface area contributed by atoms with Crippen LogP contribution in [0.1, 0.15) is 21.5 Å². The molecule has 0 aliphatic rings. The molecule has 6 heteroatoms. The highest BCUT2D eigenvalue weighted by Gasteiger charge is 2.05. The predicted octanol–water partition coefficient (Wildman–Crippen LogP) is 4.25. The van der Waals surface area contributed by atoms with Crippen LogP contribution < -0.4 is 10.7 Å². The number of hydrazone groups is 1. The second-order valence-electron chi connectivity index (χ2n) is 6.55. The Morgan fingerprint density at radius 3 is 2.59 bits per heavy atom. The summed E-state index contributed by atoms with van der Waals surface area (Å²) in [6.07, 6.45) is 3.48. The molecule has 0 bridgehead atoms. The Morgan fingerprint density at radius 2 is 1.76 bits per heavy atom. The van der Waals surface area contributed by atoms with Crippen LogP contribution >= 0.6 is 0 Å². The number of nitrogens with one attached hydrogen (secondary N) is 3. The number of aromatic nitrogens is 1. The molecule has 0 saturated heterocycles. The number of rotatable bonds is 6. The summed E-state index contributed by atoms with van der Waals surface area (Å²) < 4.78 is 0. The van der Waals surface area contributed by atoms with Crippen molar-refractivity contribution >= 4 is 28.7 Å². The van der Waals surface area contributed by atoms with Gasteiger partial charge in [0.15, 0.2) is 0 Å². The number of nitrogens with zero attached hydrogens (tertiary/aromatic N) is 1. The highest BCUT2D eigenvalue weighted by molar-refractivity contribution is 6.00. The lowest BCUT2D eigenvalue weighted by Gasteiger charge is -2.08. The zero-order chi connectivity index (χ0) is 20.1. The van der Waals surface area contributed by atoms with E-state index in [0.717, 1.165) is 27.7 Å². The molecule has 0 atom stereocenters. The fourth-order valence-electron chi connectivity index (χ4n) is 3.02. The first-order valence-corrected chi connectivity index (χ1v) is 9.21. The molecule has 1 aromatic heterocycles. The van der Waals surface area contributed by atoms with Gasteiger partial charge in [-0.25, -0.2) is 5.43 Å². The Kier molecular flexibility index (Phi) is 5.25. The minimum atomic E-state index is -0.284. The van der Waals surface area contributed by atoms with Crippen LogP contribution in [0.5, 0.6) is 5.75 Å². The summed E-state index contributed by atoms with van der Waals surface area (Å²) in [7, 11) is 0. The Labute approximate surface area is 167 Å². The fourth-order valence-corrected chi connectivity index (χ4v) is 3.02. The lowest BCUT2D eigenvalue weighted by molar-refractivity contribution is 0.0955. The van der Waals surface area contributed by atoms with Crippen molar-refractivity contribution in [3.05, 3.63) is 95.7 Å². The molecule has 4 N–H and O–H groups in total. The molecule has 0 fully saturated rings. The van der Waals surface area contributed by atoms with Crippen molar-refractivity contribution < 1.29 is 9.90 Å². The van der Waals surface area contributed by atoms with Gasteiger partial charge in [-0.2, -0.15) is 5.10 Å². The zero-order valence-electron chi connectivity index (χ0n) is 15.6. The Bertz CT molecular complexity index is 1160. The van der Waals surface area contributed by atoms with Crippen LogP contribution in [0.3, 0.4) is 0 Å². The minimum Gasteiger partial charge on any atom is -0.508 e. The molecule has 1 amide bonds. The summed E-state index contributed by atoms with van der Waals surface area (Å²) in [5, 5.41) is 18.1. The van der Waals surface area contributed by atoms with Crippen molar-refractivity contribution in [1.82, 2.24) is 10.4 Å². The van der Waals surface area contributed by atoms with Crippen molar-refractivity contribution in [1.29, 1.82) is 0 Å². The SMILES string of the molecule is O=C(NN=Cc1c[nH]c2ccccc12)c1ccc(NCc2ccccc2O)cc1. The van der Waals surface area contributed by atoms with Crippen LogP contribution in [0.2, 0.25) is 0 Å². The standard InChI is InChI=1S/C23H20N4O2/c28-22-8-4-1-5-17(22)13-24-19-11-9-16(10-12-19)23(29)27-26-15-18-14-25-21-7-3-2-6-20(18)21/h1-12,14-15,24-25,28H,13H2,(H,27,29). The van der Waals surface area contributed by atoms with Gasteiger partial charge in [0.05, 0.1) is 6.21 Å². The molecule has 0 spiro atoms. The number of amides is 1. The van der Waals surface area contributed by atoms with Gasteiger partial charge in [0.25, 0.3) is 5.91 Å². The average molecular weight is 384 g/mol. The Balaban J connectivity index is 1.35. The molecule has 0 saturated carbocycles. The summed E-state index contributed by atoms with van der Waals surface area (Å²) in [6.45, 7) is 0.493. The summed E-state index contributed by atoms with van der Waals surface area (Å²) in [4.78, 5) is 15.5. The van der Waals surface area contributed by atoms with E-state index >= 15 is 0 Å². The molecular weight excluding hydrogens is 364 g/mol. The summed E-state index contributed by atoms with van der Waals surface area (Å²) in [6, 6.07) is 22.2. The third-order valence-electron chi connectivity index (χ3n) is 4.61. The molecule has 0 aliphatic carbocycles. The van der Waals surface area contributed by atoms with E-state index < -0.39 is 0 Å². The van der Waals surface area contributed by atoms with Crippen molar-refractivity contribution in [3.63, 3.8) is 0 Å². The number of para-hydroxylation sites is 2. The molecule has 0 radical (unpaired) electrons. The number of aromatic amines is 1. The molecular formula is C23H20N4O2. The minimum absolute atomic E-state index is 0.254. The van der Waals surface area contributed by atoms with Crippen molar-refractivity contribution in [2.75, 3.05) is 5.32 Å². The van der Waals surface area contributed by atoms with Gasteiger partial charge in [0, 0.05) is 46.0 Å². The Hall–Kier alpha value is -4.06. The van der Waals surface area contributed by atoms with Gasteiger partial charge in [0.2, 0.25) is 0 Å². The highest BCUT2D eigenvalue weighted by Crippen LogP contribution is 2.18. The normalized spacial score (nSPS) is 11.0. The molecule has 1 heterocycles. The molecule has 0 aliphatic heterocycles. The van der Waals surface area contributed by atoms with Crippen molar-refractivity contribution in [2.45, 2.75) is 6.54 Å². The fraction of sp³-hybridized carbons (Fsp3) is 0.0435. The second-order valence-corrected chi connectivity index (χ2v) is 6.55. The first-order valence-electron chi connectivity index (χ1n) is 9.21. The Morgan fingerprint density at radius 1 is 1.00 bits per heavy atom. The lowest BCUT2D eigenvalue weighted by Crippen LogP contribution is -2.17. The number of phenols is 1. The summed E-state index contributed by atoms with van der Waals surface area (Å²) >= 11 is 0. The van der Waals surface area contributed by atoms with E-state index in [0.29, 0.717) is 12.1 Å². The van der Waals surface area contributed by atoms with E-state index in [2.05, 4.69) is 20.8 Å². The maximum atomic E-state index is 12.3. The zero-order valence-corrected chi connectivity index (χ0v) is 15.6. The molecule has 144 valence electrons. The first kappa shape index (κ1) is 18.3. The van der Waals surface area contributed by atoms with E-state index in [1.165, 1.54) is 0 Å². The third kappa shape index (κ3) is 4.27. The number of hydrogen-bond acceptors (Lipinski definition) is 4. The molecule has 4 aromatic rings. The number of fused-ring (bicyclic) bond motifs is 1. The van der Waals surface area contributed by atoms with Gasteiger partial charge >= 0.3 is 0 Å². The molecule has 0 unspecified atom stereocenters. The average Bonchev–Trinajstić information content (AvgIpc) is 3.17. The molecule has 3 aromatic carbocycles. The van der Waals surface area contributed by atoms with E-state index in [9.17, 15) is 9.90 Å². The van der Waals surface area contributed by atoms with Crippen LogP contribution in [0, 0.1) is 0 Å². The third-order valence-corrected chi connectivity index (χ3v) is 4.61. The maximum Gasteiger partial charge on any atom is 0.271 e. The molecule has 29 heavy (non-hydrogen) atoms. The monoisotopic (exact) mass is 384 g/mol. The van der Waals surface area contributed by atoms with Crippen molar-refractivity contribution in [3.8, 4) is 5.75 Å². The number of carbonyl (C=O) groups is 1. The molecule has 6 nitrogen and oxygen atoms in total. The predicted molar refractivity (Wildman–Crippen MR) is 115 cm³/mol. The van der Waals surface area contributed by atoms with Gasteiger partial charge in [-0.3, -0.25) is 4.79 Å². The van der Waals surface area contributed by atoms with E-state index in [-0.39, 0.29) is 11.7 Å². The quantitative estimate of drug-likeness (QED) is 0.296. The number of benzene rings is 3. The number of anilines is 1. The van der Waals surface area contributed by atoms with Crippen molar-refractivity contribution in [2.24, 2.45) is 5.10 Å². The van der Waals surface area contributed by atoms with E-state index in [1.807, 2.05) is 54.7 Å². The highest BCUT2D eigenvalue weighted by atomic mass is 16.3. The number of carbonyl (C=O) groups excluding carboxylic acids is 1. The summed E-state index contributed by atoms with van der Waals surface area (Å²) in [5.41, 5.74) is 6.65. The van der Waals surface area contributed by atoms with Gasteiger partial charge in [-0.05, 0) is 36.4 Å². The lowest BCUT2D eigenvalue weighted by atomic mass is 10.1. The molecule has 4 rings (SSSR count). The topological polar surface area (TPSA) is 89.5 Å². The number of hydrogen-bond donors (Lipinski definition) is 4. The van der Waals surface area contributed by atoms with Gasteiger partial charge in [-0.15, -0.1) is 0 Å².